The van der Waals surface area contributed by atoms with E-state index < -0.39 is 6.04 Å². The first kappa shape index (κ1) is 20.7. The summed E-state index contributed by atoms with van der Waals surface area (Å²) in [5, 5.41) is 0. The third-order valence-corrected chi connectivity index (χ3v) is 6.37. The second kappa shape index (κ2) is 8.99. The van der Waals surface area contributed by atoms with Crippen LogP contribution in [0.15, 0.2) is 60.7 Å². The number of hydrogen-bond donors (Lipinski definition) is 1. The van der Waals surface area contributed by atoms with Crippen molar-refractivity contribution in [1.29, 1.82) is 0 Å². The second-order valence-electron chi connectivity index (χ2n) is 7.08. The molecule has 2 saturated heterocycles. The Kier molecular flexibility index (Phi) is 6.65. The molecule has 28 heavy (non-hydrogen) atoms. The minimum absolute atomic E-state index is 0. The maximum absolute atomic E-state index is 13.2. The number of carbonyl (C=O) groups is 2. The standard InChI is InChI=1S/C21H23N3O2S.ClH/c22-18-12-23(11-17(18)15-7-3-1-4-8-15)21(26)19-13-27-14-24(19)20(25)16-9-5-2-6-10-16;/h1-10,17-19H,11-14,22H2;1H/t17-,18+,19?;/m0./s1. The highest BCUT2D eigenvalue weighted by Gasteiger charge is 2.41. The van der Waals surface area contributed by atoms with Gasteiger partial charge in [-0.3, -0.25) is 9.59 Å². The number of amides is 2. The van der Waals surface area contributed by atoms with Gasteiger partial charge in [-0.25, -0.2) is 0 Å². The van der Waals surface area contributed by atoms with Crippen LogP contribution in [-0.4, -0.2) is 58.4 Å². The van der Waals surface area contributed by atoms with E-state index >= 15 is 0 Å². The molecule has 3 atom stereocenters. The third-order valence-electron chi connectivity index (χ3n) is 5.35. The molecular weight excluding hydrogens is 394 g/mol. The summed E-state index contributed by atoms with van der Waals surface area (Å²) in [5.74, 6) is 1.26. The fraction of sp³-hybridized carbons (Fsp3) is 0.333. The molecule has 0 bridgehead atoms. The van der Waals surface area contributed by atoms with Crippen LogP contribution in [0.25, 0.3) is 0 Å². The zero-order chi connectivity index (χ0) is 18.8. The lowest BCUT2D eigenvalue weighted by Crippen LogP contribution is -2.48. The van der Waals surface area contributed by atoms with Gasteiger partial charge >= 0.3 is 0 Å². The maximum Gasteiger partial charge on any atom is 0.255 e. The average molecular weight is 418 g/mol. The van der Waals surface area contributed by atoms with Gasteiger partial charge in [0.1, 0.15) is 6.04 Å². The van der Waals surface area contributed by atoms with Gasteiger partial charge in [-0.2, -0.15) is 0 Å². The van der Waals surface area contributed by atoms with Gasteiger partial charge in [0, 0.05) is 36.4 Å². The predicted octanol–water partition coefficient (Wildman–Crippen LogP) is 2.58. The number of nitrogens with zero attached hydrogens (tertiary/aromatic N) is 2. The van der Waals surface area contributed by atoms with Crippen LogP contribution in [0.5, 0.6) is 0 Å². The van der Waals surface area contributed by atoms with E-state index in [2.05, 4.69) is 12.1 Å². The molecule has 2 aliphatic heterocycles. The van der Waals surface area contributed by atoms with Crippen LogP contribution in [-0.2, 0) is 4.79 Å². The molecule has 2 fully saturated rings. The maximum atomic E-state index is 13.2. The first-order chi connectivity index (χ1) is 13.1. The van der Waals surface area contributed by atoms with Crippen LogP contribution in [0.4, 0.5) is 0 Å². The quantitative estimate of drug-likeness (QED) is 0.833. The molecule has 2 aromatic rings. The Morgan fingerprint density at radius 1 is 0.964 bits per heavy atom. The van der Waals surface area contributed by atoms with Gasteiger partial charge in [-0.1, -0.05) is 48.5 Å². The lowest BCUT2D eigenvalue weighted by molar-refractivity contribution is -0.133. The van der Waals surface area contributed by atoms with Crippen LogP contribution in [0, 0.1) is 0 Å². The summed E-state index contributed by atoms with van der Waals surface area (Å²) in [6, 6.07) is 18.8. The van der Waals surface area contributed by atoms with Crippen LogP contribution >= 0.6 is 24.2 Å². The topological polar surface area (TPSA) is 66.6 Å². The Hall–Kier alpha value is -2.02. The van der Waals surface area contributed by atoms with Crippen molar-refractivity contribution in [3.05, 3.63) is 71.8 Å². The van der Waals surface area contributed by atoms with Crippen LogP contribution < -0.4 is 5.73 Å². The van der Waals surface area contributed by atoms with E-state index in [0.29, 0.717) is 30.3 Å². The van der Waals surface area contributed by atoms with Crippen molar-refractivity contribution >= 4 is 36.0 Å². The van der Waals surface area contributed by atoms with Crippen molar-refractivity contribution in [3.63, 3.8) is 0 Å². The molecule has 0 radical (unpaired) electrons. The summed E-state index contributed by atoms with van der Waals surface area (Å²) in [7, 11) is 0. The molecule has 0 aromatic heterocycles. The van der Waals surface area contributed by atoms with Crippen molar-refractivity contribution in [2.75, 3.05) is 24.7 Å². The number of halogens is 1. The summed E-state index contributed by atoms with van der Waals surface area (Å²) in [4.78, 5) is 29.6. The van der Waals surface area contributed by atoms with E-state index in [0.717, 1.165) is 0 Å². The molecule has 4 rings (SSSR count). The Bertz CT molecular complexity index is 821. The van der Waals surface area contributed by atoms with Crippen molar-refractivity contribution < 1.29 is 9.59 Å². The van der Waals surface area contributed by atoms with Gasteiger partial charge < -0.3 is 15.5 Å². The van der Waals surface area contributed by atoms with Gasteiger partial charge in [-0.15, -0.1) is 24.2 Å². The monoisotopic (exact) mass is 417 g/mol. The second-order valence-corrected chi connectivity index (χ2v) is 8.08. The highest BCUT2D eigenvalue weighted by atomic mass is 35.5. The largest absolute Gasteiger partial charge is 0.339 e. The zero-order valence-electron chi connectivity index (χ0n) is 15.4. The average Bonchev–Trinajstić information content (AvgIpc) is 3.35. The van der Waals surface area contributed by atoms with E-state index in [9.17, 15) is 9.59 Å². The minimum atomic E-state index is -0.413. The predicted molar refractivity (Wildman–Crippen MR) is 115 cm³/mol. The van der Waals surface area contributed by atoms with Gasteiger partial charge in [0.05, 0.1) is 5.88 Å². The van der Waals surface area contributed by atoms with Crippen molar-refractivity contribution in [2.45, 2.75) is 18.0 Å². The van der Waals surface area contributed by atoms with Gasteiger partial charge in [0.25, 0.3) is 5.91 Å². The number of benzene rings is 2. The molecule has 7 heteroatoms. The van der Waals surface area contributed by atoms with Crippen LogP contribution in [0.2, 0.25) is 0 Å². The Labute approximate surface area is 175 Å². The number of thioether (sulfide) groups is 1. The molecule has 1 unspecified atom stereocenters. The summed E-state index contributed by atoms with van der Waals surface area (Å²) in [6.45, 7) is 1.14. The number of likely N-dealkylation sites (tertiary alicyclic amines) is 1. The fourth-order valence-corrected chi connectivity index (χ4v) is 5.01. The van der Waals surface area contributed by atoms with Crippen molar-refractivity contribution in [3.8, 4) is 0 Å². The molecule has 5 nitrogen and oxygen atoms in total. The first-order valence-corrected chi connectivity index (χ1v) is 10.3. The van der Waals surface area contributed by atoms with Gasteiger partial charge in [0.2, 0.25) is 5.91 Å². The Morgan fingerprint density at radius 2 is 1.61 bits per heavy atom. The fourth-order valence-electron chi connectivity index (χ4n) is 3.87. The van der Waals surface area contributed by atoms with E-state index in [1.807, 2.05) is 41.3 Å². The smallest absolute Gasteiger partial charge is 0.255 e. The van der Waals surface area contributed by atoms with E-state index in [-0.39, 0.29) is 36.2 Å². The molecule has 2 heterocycles. The lowest BCUT2D eigenvalue weighted by Gasteiger charge is -2.27. The molecule has 148 valence electrons. The minimum Gasteiger partial charge on any atom is -0.339 e. The lowest BCUT2D eigenvalue weighted by atomic mass is 9.95. The first-order valence-electron chi connectivity index (χ1n) is 9.18. The van der Waals surface area contributed by atoms with E-state index in [4.69, 9.17) is 5.73 Å². The third kappa shape index (κ3) is 4.04. The molecule has 2 aromatic carbocycles. The molecule has 2 N–H and O–H groups in total. The van der Waals surface area contributed by atoms with Crippen LogP contribution in [0.3, 0.4) is 0 Å². The van der Waals surface area contributed by atoms with Crippen molar-refractivity contribution in [2.24, 2.45) is 5.73 Å². The molecule has 0 spiro atoms. The molecular formula is C21H24ClN3O2S. The van der Waals surface area contributed by atoms with Gasteiger partial charge in [0.15, 0.2) is 0 Å². The summed E-state index contributed by atoms with van der Waals surface area (Å²) in [6.07, 6.45) is 0. The van der Waals surface area contributed by atoms with Crippen LogP contribution in [0.1, 0.15) is 21.8 Å². The highest BCUT2D eigenvalue weighted by molar-refractivity contribution is 7.99. The van der Waals surface area contributed by atoms with Gasteiger partial charge in [-0.05, 0) is 17.7 Å². The molecule has 0 saturated carbocycles. The van der Waals surface area contributed by atoms with E-state index in [1.54, 1.807) is 28.8 Å². The Morgan fingerprint density at radius 3 is 2.29 bits per heavy atom. The number of rotatable bonds is 3. The SMILES string of the molecule is Cl.N[C@@H]1CN(C(=O)C2CSCN2C(=O)c2ccccc2)C[C@H]1c1ccccc1. The summed E-state index contributed by atoms with van der Waals surface area (Å²) < 4.78 is 0. The molecule has 2 aliphatic rings. The summed E-state index contributed by atoms with van der Waals surface area (Å²) in [5.41, 5.74) is 8.13. The normalized spacial score (nSPS) is 24.1. The zero-order valence-corrected chi connectivity index (χ0v) is 17.1. The number of hydrogen-bond acceptors (Lipinski definition) is 4. The summed E-state index contributed by atoms with van der Waals surface area (Å²) >= 11 is 1.62. The highest BCUT2D eigenvalue weighted by Crippen LogP contribution is 2.30. The van der Waals surface area contributed by atoms with E-state index in [1.165, 1.54) is 5.56 Å². The molecule has 0 aliphatic carbocycles. The van der Waals surface area contributed by atoms with Crippen molar-refractivity contribution in [1.82, 2.24) is 9.80 Å². The number of nitrogens with two attached hydrogens (primary N) is 1. The molecule has 2 amide bonds. The number of carbonyl (C=O) groups excluding carboxylic acids is 2. The Balaban J connectivity index is 0.00000225.